The number of nitro benzene ring substituents is 1. The lowest BCUT2D eigenvalue weighted by Crippen LogP contribution is -2.24. The average molecular weight is 322 g/mol. The number of hydrogen-bond acceptors (Lipinski definition) is 5. The molecule has 0 aliphatic carbocycles. The van der Waals surface area contributed by atoms with E-state index in [0.29, 0.717) is 18.1 Å². The third-order valence-electron chi connectivity index (χ3n) is 2.69. The summed E-state index contributed by atoms with van der Waals surface area (Å²) >= 11 is 3.10. The van der Waals surface area contributed by atoms with Crippen molar-refractivity contribution in [2.75, 3.05) is 5.75 Å². The fraction of sp³-hybridized carbons (Fsp3) is 0.214. The zero-order valence-corrected chi connectivity index (χ0v) is 12.8. The Hall–Kier alpha value is -1.86. The van der Waals surface area contributed by atoms with Crippen LogP contribution in [-0.2, 0) is 17.1 Å². The predicted octanol–water partition coefficient (Wildman–Crippen LogP) is 3.21. The maximum atomic E-state index is 11.7. The molecule has 0 aliphatic heterocycles. The number of amides is 1. The average Bonchev–Trinajstić information content (AvgIpc) is 2.99. The molecule has 0 saturated carbocycles. The van der Waals surface area contributed by atoms with Crippen molar-refractivity contribution in [2.45, 2.75) is 12.3 Å². The molecule has 7 heteroatoms. The van der Waals surface area contributed by atoms with E-state index in [1.165, 1.54) is 23.9 Å². The molecule has 1 amide bonds. The standard InChI is InChI=1S/C14H14N2O3S2/c17-14(15-8-13-2-1-7-21-13)10-20-9-11-3-5-12(6-4-11)16(18)19/h1-7H,8-10H2,(H,15,17). The smallest absolute Gasteiger partial charge is 0.269 e. The molecule has 0 bridgehead atoms. The van der Waals surface area contributed by atoms with Gasteiger partial charge in [-0.05, 0) is 17.0 Å². The number of thioether (sulfide) groups is 1. The van der Waals surface area contributed by atoms with E-state index in [4.69, 9.17) is 0 Å². The molecule has 0 atom stereocenters. The number of carbonyl (C=O) groups is 1. The van der Waals surface area contributed by atoms with E-state index < -0.39 is 4.92 Å². The van der Waals surface area contributed by atoms with Gasteiger partial charge in [0.25, 0.3) is 5.69 Å². The number of hydrogen-bond donors (Lipinski definition) is 1. The largest absolute Gasteiger partial charge is 0.350 e. The maximum absolute atomic E-state index is 11.7. The van der Waals surface area contributed by atoms with Crippen LogP contribution in [0.5, 0.6) is 0 Å². The lowest BCUT2D eigenvalue weighted by Gasteiger charge is -2.04. The number of carbonyl (C=O) groups excluding carboxylic acids is 1. The first-order valence-corrected chi connectivity index (χ1v) is 8.29. The van der Waals surface area contributed by atoms with Gasteiger partial charge in [-0.1, -0.05) is 18.2 Å². The van der Waals surface area contributed by atoms with E-state index in [0.717, 1.165) is 10.4 Å². The highest BCUT2D eigenvalue weighted by Gasteiger charge is 2.05. The Kier molecular flexibility index (Phi) is 5.77. The topological polar surface area (TPSA) is 72.2 Å². The highest BCUT2D eigenvalue weighted by Crippen LogP contribution is 2.16. The van der Waals surface area contributed by atoms with Crippen LogP contribution in [0.2, 0.25) is 0 Å². The lowest BCUT2D eigenvalue weighted by atomic mass is 10.2. The molecule has 1 aromatic carbocycles. The van der Waals surface area contributed by atoms with Crippen LogP contribution in [0, 0.1) is 10.1 Å². The summed E-state index contributed by atoms with van der Waals surface area (Å²) in [6.07, 6.45) is 0. The Labute approximate surface area is 130 Å². The van der Waals surface area contributed by atoms with Crippen LogP contribution in [0.3, 0.4) is 0 Å². The predicted molar refractivity (Wildman–Crippen MR) is 85.4 cm³/mol. The zero-order chi connectivity index (χ0) is 15.1. The van der Waals surface area contributed by atoms with Gasteiger partial charge in [0.15, 0.2) is 0 Å². The number of benzene rings is 1. The quantitative estimate of drug-likeness (QED) is 0.627. The minimum atomic E-state index is -0.422. The number of nitrogens with one attached hydrogen (secondary N) is 1. The second kappa shape index (κ2) is 7.80. The molecule has 1 N–H and O–H groups in total. The minimum Gasteiger partial charge on any atom is -0.350 e. The van der Waals surface area contributed by atoms with E-state index in [9.17, 15) is 14.9 Å². The summed E-state index contributed by atoms with van der Waals surface area (Å²) in [5.41, 5.74) is 1.05. The number of thiophene rings is 1. The summed E-state index contributed by atoms with van der Waals surface area (Å²) in [5, 5.41) is 15.4. The van der Waals surface area contributed by atoms with Crippen molar-refractivity contribution >= 4 is 34.7 Å². The van der Waals surface area contributed by atoms with Crippen molar-refractivity contribution in [3.05, 3.63) is 62.3 Å². The molecule has 0 saturated heterocycles. The molecule has 5 nitrogen and oxygen atoms in total. The molecular formula is C14H14N2O3S2. The van der Waals surface area contributed by atoms with Crippen molar-refractivity contribution in [1.29, 1.82) is 0 Å². The Morgan fingerprint density at radius 3 is 2.67 bits per heavy atom. The molecule has 110 valence electrons. The van der Waals surface area contributed by atoms with E-state index in [2.05, 4.69) is 5.32 Å². The molecule has 2 rings (SSSR count). The molecule has 21 heavy (non-hydrogen) atoms. The van der Waals surface area contributed by atoms with E-state index >= 15 is 0 Å². The molecule has 2 aromatic rings. The maximum Gasteiger partial charge on any atom is 0.269 e. The summed E-state index contributed by atoms with van der Waals surface area (Å²) < 4.78 is 0. The SMILES string of the molecule is O=C(CSCc1ccc([N+](=O)[O-])cc1)NCc1cccs1. The van der Waals surface area contributed by atoms with Gasteiger partial charge in [0, 0.05) is 22.8 Å². The highest BCUT2D eigenvalue weighted by molar-refractivity contribution is 7.99. The summed E-state index contributed by atoms with van der Waals surface area (Å²) in [6.45, 7) is 0.564. The van der Waals surface area contributed by atoms with Gasteiger partial charge in [0.05, 0.1) is 17.2 Å². The second-order valence-corrected chi connectivity index (χ2v) is 6.29. The molecule has 0 aliphatic rings. The van der Waals surface area contributed by atoms with Crippen molar-refractivity contribution in [1.82, 2.24) is 5.32 Å². The van der Waals surface area contributed by atoms with Gasteiger partial charge < -0.3 is 5.32 Å². The van der Waals surface area contributed by atoms with Gasteiger partial charge in [-0.3, -0.25) is 14.9 Å². The van der Waals surface area contributed by atoms with Gasteiger partial charge in [0.2, 0.25) is 5.91 Å². The normalized spacial score (nSPS) is 10.3. The summed E-state index contributed by atoms with van der Waals surface area (Å²) in [5.74, 6) is 1.03. The van der Waals surface area contributed by atoms with Crippen LogP contribution < -0.4 is 5.32 Å². The van der Waals surface area contributed by atoms with E-state index in [-0.39, 0.29) is 11.6 Å². The summed E-state index contributed by atoms with van der Waals surface area (Å²) in [7, 11) is 0. The van der Waals surface area contributed by atoms with Crippen molar-refractivity contribution in [3.63, 3.8) is 0 Å². The van der Waals surface area contributed by atoms with E-state index in [1.54, 1.807) is 23.5 Å². The van der Waals surface area contributed by atoms with E-state index in [1.807, 2.05) is 17.5 Å². The third kappa shape index (κ3) is 5.20. The third-order valence-corrected chi connectivity index (χ3v) is 4.57. The fourth-order valence-electron chi connectivity index (χ4n) is 1.63. The van der Waals surface area contributed by atoms with Crippen molar-refractivity contribution < 1.29 is 9.72 Å². The number of rotatable bonds is 7. The monoisotopic (exact) mass is 322 g/mol. The van der Waals surface area contributed by atoms with Crippen LogP contribution in [-0.4, -0.2) is 16.6 Å². The molecule has 0 unspecified atom stereocenters. The van der Waals surface area contributed by atoms with Gasteiger partial charge in [-0.2, -0.15) is 0 Å². The first-order valence-electron chi connectivity index (χ1n) is 6.25. The summed E-state index contributed by atoms with van der Waals surface area (Å²) in [6, 6.07) is 10.3. The molecule has 1 aromatic heterocycles. The van der Waals surface area contributed by atoms with Crippen molar-refractivity contribution in [2.24, 2.45) is 0 Å². The van der Waals surface area contributed by atoms with Crippen LogP contribution in [0.1, 0.15) is 10.4 Å². The minimum absolute atomic E-state index is 0.00434. The van der Waals surface area contributed by atoms with Gasteiger partial charge in [0.1, 0.15) is 0 Å². The van der Waals surface area contributed by atoms with Crippen molar-refractivity contribution in [3.8, 4) is 0 Å². The second-order valence-electron chi connectivity index (χ2n) is 4.27. The Morgan fingerprint density at radius 2 is 2.05 bits per heavy atom. The zero-order valence-electron chi connectivity index (χ0n) is 11.2. The van der Waals surface area contributed by atoms with Gasteiger partial charge in [-0.25, -0.2) is 0 Å². The Bertz CT molecular complexity index is 597. The van der Waals surface area contributed by atoms with Gasteiger partial charge >= 0.3 is 0 Å². The fourth-order valence-corrected chi connectivity index (χ4v) is 3.09. The molecule has 0 radical (unpaired) electrons. The Balaban J connectivity index is 1.68. The van der Waals surface area contributed by atoms with Gasteiger partial charge in [-0.15, -0.1) is 23.1 Å². The number of nitrogens with zero attached hydrogens (tertiary/aromatic N) is 1. The van der Waals surface area contributed by atoms with Crippen LogP contribution in [0.15, 0.2) is 41.8 Å². The van der Waals surface area contributed by atoms with Crippen LogP contribution in [0.25, 0.3) is 0 Å². The highest BCUT2D eigenvalue weighted by atomic mass is 32.2. The molecular weight excluding hydrogens is 308 g/mol. The molecule has 0 spiro atoms. The van der Waals surface area contributed by atoms with Crippen LogP contribution >= 0.6 is 23.1 Å². The number of non-ortho nitro benzene ring substituents is 1. The lowest BCUT2D eigenvalue weighted by molar-refractivity contribution is -0.384. The molecule has 0 fully saturated rings. The Morgan fingerprint density at radius 1 is 1.29 bits per heavy atom. The molecule has 1 heterocycles. The summed E-state index contributed by atoms with van der Waals surface area (Å²) in [4.78, 5) is 22.9. The first-order chi connectivity index (χ1) is 10.1. The van der Waals surface area contributed by atoms with Crippen LogP contribution in [0.4, 0.5) is 5.69 Å². The first kappa shape index (κ1) is 15.5. The number of nitro groups is 1.